The Hall–Kier alpha value is -2.43. The summed E-state index contributed by atoms with van der Waals surface area (Å²) >= 11 is 0. The molecule has 0 bridgehead atoms. The van der Waals surface area contributed by atoms with Gasteiger partial charge in [-0.3, -0.25) is 4.79 Å². The van der Waals surface area contributed by atoms with Crippen molar-refractivity contribution in [2.75, 3.05) is 11.4 Å². The van der Waals surface area contributed by atoms with Gasteiger partial charge in [0.1, 0.15) is 5.69 Å². The van der Waals surface area contributed by atoms with Crippen molar-refractivity contribution in [3.63, 3.8) is 0 Å². The predicted molar refractivity (Wildman–Crippen MR) is 95.6 cm³/mol. The molecule has 1 N–H and O–H groups in total. The molecule has 2 aromatic rings. The molecule has 1 atom stereocenters. The zero-order valence-electron chi connectivity index (χ0n) is 14.3. The fourth-order valence-electron chi connectivity index (χ4n) is 3.15. The summed E-state index contributed by atoms with van der Waals surface area (Å²) in [4.78, 5) is 23.1. The zero-order chi connectivity index (χ0) is 16.9. The van der Waals surface area contributed by atoms with Gasteiger partial charge in [0, 0.05) is 18.3 Å². The quantitative estimate of drug-likeness (QED) is 0.827. The summed E-state index contributed by atoms with van der Waals surface area (Å²) in [5, 5.41) is 2.89. The molecular weight excluding hydrogens is 300 g/mol. The first-order chi connectivity index (χ1) is 11.7. The molecule has 24 heavy (non-hydrogen) atoms. The molecule has 1 unspecified atom stereocenters. The van der Waals surface area contributed by atoms with Gasteiger partial charge in [-0.1, -0.05) is 38.0 Å². The highest BCUT2D eigenvalue weighted by Crippen LogP contribution is 2.36. The van der Waals surface area contributed by atoms with Gasteiger partial charge in [-0.15, -0.1) is 0 Å². The van der Waals surface area contributed by atoms with E-state index in [9.17, 15) is 4.79 Å². The molecule has 1 amide bonds. The Kier molecular flexibility index (Phi) is 5.08. The second-order valence-corrected chi connectivity index (χ2v) is 6.27. The summed E-state index contributed by atoms with van der Waals surface area (Å²) < 4.78 is 0. The number of anilines is 2. The van der Waals surface area contributed by atoms with Crippen LogP contribution in [-0.2, 0) is 6.42 Å². The third-order valence-corrected chi connectivity index (χ3v) is 4.39. The van der Waals surface area contributed by atoms with E-state index >= 15 is 0 Å². The summed E-state index contributed by atoms with van der Waals surface area (Å²) in [5.74, 6) is 0.634. The number of aromatic nitrogens is 2. The molecule has 0 spiro atoms. The summed E-state index contributed by atoms with van der Waals surface area (Å²) in [6.45, 7) is 5.01. The molecule has 0 aliphatic carbocycles. The fourth-order valence-corrected chi connectivity index (χ4v) is 3.15. The van der Waals surface area contributed by atoms with E-state index in [1.54, 1.807) is 12.4 Å². The molecule has 1 aromatic carbocycles. The fraction of sp³-hybridized carbons (Fsp3) is 0.421. The van der Waals surface area contributed by atoms with Gasteiger partial charge in [-0.05, 0) is 31.4 Å². The number of rotatable bonds is 6. The standard InChI is InChI=1S/C19H24N4O/c1-3-4-7-10-20-19(24)16-12-22-18(13-21-16)23-14(2)11-15-8-5-6-9-17(15)23/h5-6,8-9,12-14H,3-4,7,10-11H2,1-2H3,(H,20,24). The van der Waals surface area contributed by atoms with Gasteiger partial charge in [0.2, 0.25) is 0 Å². The average molecular weight is 324 g/mol. The SMILES string of the molecule is CCCCCNC(=O)c1cnc(N2c3ccccc3CC2C)cn1. The molecular formula is C19H24N4O. The molecule has 126 valence electrons. The first-order valence-electron chi connectivity index (χ1n) is 8.68. The van der Waals surface area contributed by atoms with Crippen molar-refractivity contribution in [1.82, 2.24) is 15.3 Å². The molecule has 0 saturated carbocycles. The Bertz CT molecular complexity index is 699. The summed E-state index contributed by atoms with van der Waals surface area (Å²) in [5.41, 5.74) is 2.87. The molecule has 1 aromatic heterocycles. The van der Waals surface area contributed by atoms with Crippen LogP contribution in [0.25, 0.3) is 0 Å². The number of hydrogen-bond donors (Lipinski definition) is 1. The zero-order valence-corrected chi connectivity index (χ0v) is 14.3. The summed E-state index contributed by atoms with van der Waals surface area (Å²) in [6.07, 6.45) is 7.52. The Morgan fingerprint density at radius 3 is 2.83 bits per heavy atom. The number of hydrogen-bond acceptors (Lipinski definition) is 4. The van der Waals surface area contributed by atoms with E-state index in [0.29, 0.717) is 18.3 Å². The van der Waals surface area contributed by atoms with Crippen LogP contribution in [0.3, 0.4) is 0 Å². The highest BCUT2D eigenvalue weighted by Gasteiger charge is 2.27. The lowest BCUT2D eigenvalue weighted by Crippen LogP contribution is -2.27. The van der Waals surface area contributed by atoms with Crippen LogP contribution in [-0.4, -0.2) is 28.5 Å². The molecule has 5 heteroatoms. The lowest BCUT2D eigenvalue weighted by atomic mass is 10.1. The lowest BCUT2D eigenvalue weighted by Gasteiger charge is -2.23. The van der Waals surface area contributed by atoms with Crippen molar-refractivity contribution in [3.05, 3.63) is 47.9 Å². The van der Waals surface area contributed by atoms with Crippen molar-refractivity contribution in [2.24, 2.45) is 0 Å². The molecule has 0 saturated heterocycles. The van der Waals surface area contributed by atoms with Crippen molar-refractivity contribution >= 4 is 17.4 Å². The monoisotopic (exact) mass is 324 g/mol. The third kappa shape index (κ3) is 3.40. The highest BCUT2D eigenvalue weighted by molar-refractivity contribution is 5.92. The van der Waals surface area contributed by atoms with Crippen LogP contribution in [0.15, 0.2) is 36.7 Å². The van der Waals surface area contributed by atoms with E-state index in [4.69, 9.17) is 0 Å². The van der Waals surface area contributed by atoms with Gasteiger partial charge in [-0.25, -0.2) is 9.97 Å². The maximum absolute atomic E-state index is 12.1. The summed E-state index contributed by atoms with van der Waals surface area (Å²) in [6, 6.07) is 8.69. The van der Waals surface area contributed by atoms with Gasteiger partial charge in [-0.2, -0.15) is 0 Å². The van der Waals surface area contributed by atoms with E-state index in [-0.39, 0.29) is 5.91 Å². The van der Waals surface area contributed by atoms with Crippen LogP contribution in [0.4, 0.5) is 11.5 Å². The number of amides is 1. The molecule has 0 fully saturated rings. The van der Waals surface area contributed by atoms with Crippen LogP contribution in [0.2, 0.25) is 0 Å². The minimum atomic E-state index is -0.153. The van der Waals surface area contributed by atoms with Crippen molar-refractivity contribution in [3.8, 4) is 0 Å². The molecule has 5 nitrogen and oxygen atoms in total. The molecule has 3 rings (SSSR count). The second-order valence-electron chi connectivity index (χ2n) is 6.27. The van der Waals surface area contributed by atoms with Crippen LogP contribution in [0.1, 0.15) is 49.2 Å². The second kappa shape index (κ2) is 7.43. The number of para-hydroxylation sites is 1. The van der Waals surface area contributed by atoms with Gasteiger partial charge in [0.15, 0.2) is 5.82 Å². The topological polar surface area (TPSA) is 58.1 Å². The number of nitrogens with zero attached hydrogens (tertiary/aromatic N) is 3. The minimum absolute atomic E-state index is 0.153. The predicted octanol–water partition coefficient (Wildman–Crippen LogP) is 3.48. The largest absolute Gasteiger partial charge is 0.351 e. The van der Waals surface area contributed by atoms with Crippen molar-refractivity contribution in [2.45, 2.75) is 45.6 Å². The number of nitrogens with one attached hydrogen (secondary N) is 1. The van der Waals surface area contributed by atoms with Crippen molar-refractivity contribution in [1.29, 1.82) is 0 Å². The van der Waals surface area contributed by atoms with E-state index < -0.39 is 0 Å². The van der Waals surface area contributed by atoms with Crippen LogP contribution >= 0.6 is 0 Å². The van der Waals surface area contributed by atoms with Gasteiger partial charge >= 0.3 is 0 Å². The first kappa shape index (κ1) is 16.4. The minimum Gasteiger partial charge on any atom is -0.351 e. The molecule has 1 aliphatic rings. The van der Waals surface area contributed by atoms with E-state index in [2.05, 4.69) is 52.2 Å². The van der Waals surface area contributed by atoms with E-state index in [0.717, 1.165) is 31.5 Å². The molecule has 1 aliphatic heterocycles. The Balaban J connectivity index is 1.70. The normalized spacial score (nSPS) is 16.1. The van der Waals surface area contributed by atoms with Crippen molar-refractivity contribution < 1.29 is 4.79 Å². The third-order valence-electron chi connectivity index (χ3n) is 4.39. The number of carbonyl (C=O) groups is 1. The highest BCUT2D eigenvalue weighted by atomic mass is 16.1. The average Bonchev–Trinajstić information content (AvgIpc) is 2.94. The van der Waals surface area contributed by atoms with Gasteiger partial charge in [0.05, 0.1) is 12.4 Å². The number of unbranched alkanes of at least 4 members (excludes halogenated alkanes) is 2. The number of benzene rings is 1. The van der Waals surface area contributed by atoms with Crippen LogP contribution < -0.4 is 10.2 Å². The Morgan fingerprint density at radius 1 is 1.25 bits per heavy atom. The van der Waals surface area contributed by atoms with E-state index in [1.807, 2.05) is 6.07 Å². The van der Waals surface area contributed by atoms with Gasteiger partial charge < -0.3 is 10.2 Å². The Morgan fingerprint density at radius 2 is 2.08 bits per heavy atom. The maximum Gasteiger partial charge on any atom is 0.271 e. The number of carbonyl (C=O) groups excluding carboxylic acids is 1. The smallest absolute Gasteiger partial charge is 0.271 e. The van der Waals surface area contributed by atoms with E-state index in [1.165, 1.54) is 11.3 Å². The molecule has 2 heterocycles. The Labute approximate surface area is 143 Å². The lowest BCUT2D eigenvalue weighted by molar-refractivity contribution is 0.0947. The molecule has 0 radical (unpaired) electrons. The van der Waals surface area contributed by atoms with Gasteiger partial charge in [0.25, 0.3) is 5.91 Å². The van der Waals surface area contributed by atoms with Crippen LogP contribution in [0.5, 0.6) is 0 Å². The number of fused-ring (bicyclic) bond motifs is 1. The first-order valence-corrected chi connectivity index (χ1v) is 8.68. The maximum atomic E-state index is 12.1. The van der Waals surface area contributed by atoms with Crippen LogP contribution in [0, 0.1) is 0 Å². The summed E-state index contributed by atoms with van der Waals surface area (Å²) in [7, 11) is 0.